The maximum absolute atomic E-state index is 13.2. The molecule has 0 aliphatic rings. The number of fused-ring (bicyclic) bond motifs is 1. The molecule has 0 aliphatic carbocycles. The minimum Gasteiger partial charge on any atom is -0.326 e. The summed E-state index contributed by atoms with van der Waals surface area (Å²) in [7, 11) is 0. The Morgan fingerprint density at radius 1 is 0.968 bits per heavy atom. The highest BCUT2D eigenvalue weighted by Gasteiger charge is 2.11. The Morgan fingerprint density at radius 2 is 1.68 bits per heavy atom. The first-order valence-electron chi connectivity index (χ1n) is 10.5. The topological polar surface area (TPSA) is 64.0 Å². The lowest BCUT2D eigenvalue weighted by Gasteiger charge is -2.12. The molecule has 0 radical (unpaired) electrons. The Labute approximate surface area is 181 Å². The maximum Gasteiger partial charge on any atom is 0.261 e. The van der Waals surface area contributed by atoms with E-state index >= 15 is 0 Å². The molecule has 0 aliphatic heterocycles. The second-order valence-corrected chi connectivity index (χ2v) is 7.64. The molecule has 4 aromatic rings. The Hall–Kier alpha value is -3.73. The first-order chi connectivity index (χ1) is 15.0. The van der Waals surface area contributed by atoms with Crippen molar-refractivity contribution in [2.24, 2.45) is 0 Å². The third kappa shape index (κ3) is 4.56. The Balaban J connectivity index is 1.64. The van der Waals surface area contributed by atoms with Crippen LogP contribution in [0.2, 0.25) is 0 Å². The number of aryl methyl sites for hydroxylation is 1. The highest BCUT2D eigenvalue weighted by atomic mass is 16.1. The Kier molecular flexibility index (Phi) is 5.94. The van der Waals surface area contributed by atoms with Gasteiger partial charge in [-0.2, -0.15) is 0 Å². The summed E-state index contributed by atoms with van der Waals surface area (Å²) in [6.07, 6.45) is 1.23. The van der Waals surface area contributed by atoms with Gasteiger partial charge in [-0.1, -0.05) is 61.5 Å². The summed E-state index contributed by atoms with van der Waals surface area (Å²) in [5, 5.41) is 3.35. The van der Waals surface area contributed by atoms with Crippen LogP contribution < -0.4 is 10.9 Å². The van der Waals surface area contributed by atoms with Crippen LogP contribution in [-0.4, -0.2) is 15.5 Å². The summed E-state index contributed by atoms with van der Waals surface area (Å²) in [4.78, 5) is 29.7. The molecule has 31 heavy (non-hydrogen) atoms. The summed E-state index contributed by atoms with van der Waals surface area (Å²) in [6.45, 7) is 4.24. The van der Waals surface area contributed by atoms with E-state index in [-0.39, 0.29) is 11.5 Å². The van der Waals surface area contributed by atoms with Gasteiger partial charge in [0.05, 0.1) is 17.4 Å². The monoisotopic (exact) mass is 411 g/mol. The zero-order chi connectivity index (χ0) is 21.8. The van der Waals surface area contributed by atoms with Gasteiger partial charge in [0.2, 0.25) is 5.91 Å². The lowest BCUT2D eigenvalue weighted by Crippen LogP contribution is -2.24. The molecular formula is C26H25N3O2. The molecule has 0 saturated carbocycles. The number of nitrogens with zero attached hydrogens (tertiary/aromatic N) is 2. The number of nitrogens with one attached hydrogen (secondary N) is 1. The third-order valence-corrected chi connectivity index (χ3v) is 5.31. The van der Waals surface area contributed by atoms with Crippen molar-refractivity contribution in [2.45, 2.75) is 33.2 Å². The van der Waals surface area contributed by atoms with Crippen molar-refractivity contribution < 1.29 is 4.79 Å². The minimum absolute atomic E-state index is 0.0549. The van der Waals surface area contributed by atoms with Gasteiger partial charge < -0.3 is 5.32 Å². The Bertz CT molecular complexity index is 1280. The molecule has 1 aromatic heterocycles. The summed E-state index contributed by atoms with van der Waals surface area (Å²) < 4.78 is 1.68. The van der Waals surface area contributed by atoms with Gasteiger partial charge in [0.15, 0.2) is 0 Å². The quantitative estimate of drug-likeness (QED) is 0.477. The first-order valence-corrected chi connectivity index (χ1v) is 10.5. The zero-order valence-corrected chi connectivity index (χ0v) is 17.8. The average molecular weight is 412 g/mol. The summed E-state index contributed by atoms with van der Waals surface area (Å²) in [5.74, 6) is 0.605. The van der Waals surface area contributed by atoms with Crippen LogP contribution in [0.5, 0.6) is 0 Å². The van der Waals surface area contributed by atoms with Gasteiger partial charge in [-0.05, 0) is 48.2 Å². The fourth-order valence-electron chi connectivity index (χ4n) is 3.66. The number of hydrogen-bond donors (Lipinski definition) is 1. The second kappa shape index (κ2) is 8.96. The van der Waals surface area contributed by atoms with E-state index in [9.17, 15) is 9.59 Å². The molecule has 0 unspecified atom stereocenters. The van der Waals surface area contributed by atoms with Gasteiger partial charge in [-0.15, -0.1) is 0 Å². The molecule has 5 nitrogen and oxygen atoms in total. The molecule has 0 bridgehead atoms. The second-order valence-electron chi connectivity index (χ2n) is 7.64. The highest BCUT2D eigenvalue weighted by molar-refractivity contribution is 5.93. The zero-order valence-electron chi connectivity index (χ0n) is 17.8. The van der Waals surface area contributed by atoms with E-state index in [0.29, 0.717) is 35.4 Å². The van der Waals surface area contributed by atoms with Crippen LogP contribution in [0.15, 0.2) is 77.6 Å². The normalized spacial score (nSPS) is 10.9. The van der Waals surface area contributed by atoms with Gasteiger partial charge >= 0.3 is 0 Å². The number of rotatable bonds is 6. The summed E-state index contributed by atoms with van der Waals surface area (Å²) in [6, 6.07) is 23.7. The van der Waals surface area contributed by atoms with Gasteiger partial charge in [-0.25, -0.2) is 4.98 Å². The van der Waals surface area contributed by atoms with Gasteiger partial charge in [0.1, 0.15) is 5.82 Å². The molecule has 5 heteroatoms. The Morgan fingerprint density at radius 3 is 2.39 bits per heavy atom. The number of carbonyl (C=O) groups is 1. The van der Waals surface area contributed by atoms with Crippen molar-refractivity contribution in [3.8, 4) is 11.1 Å². The minimum atomic E-state index is -0.110. The molecule has 3 aromatic carbocycles. The van der Waals surface area contributed by atoms with E-state index in [0.717, 1.165) is 23.1 Å². The molecule has 1 amide bonds. The SMILES string of the molecule is CCCC(=O)Nc1ccc2nc(C)n(Cc3ccc(-c4ccccc4)cc3)c(=O)c2c1. The van der Waals surface area contributed by atoms with Crippen molar-refractivity contribution >= 4 is 22.5 Å². The van der Waals surface area contributed by atoms with Crippen molar-refractivity contribution in [1.82, 2.24) is 9.55 Å². The van der Waals surface area contributed by atoms with Crippen LogP contribution in [0, 0.1) is 6.92 Å². The molecule has 156 valence electrons. The molecular weight excluding hydrogens is 386 g/mol. The fraction of sp³-hybridized carbons (Fsp3) is 0.192. The lowest BCUT2D eigenvalue weighted by atomic mass is 10.0. The van der Waals surface area contributed by atoms with E-state index < -0.39 is 0 Å². The van der Waals surface area contributed by atoms with Crippen molar-refractivity contribution in [3.63, 3.8) is 0 Å². The third-order valence-electron chi connectivity index (χ3n) is 5.31. The van der Waals surface area contributed by atoms with Crippen LogP contribution in [0.3, 0.4) is 0 Å². The van der Waals surface area contributed by atoms with E-state index in [4.69, 9.17) is 0 Å². The van der Waals surface area contributed by atoms with Gasteiger partial charge in [0.25, 0.3) is 5.56 Å². The summed E-state index contributed by atoms with van der Waals surface area (Å²) in [5.41, 5.74) is 4.46. The van der Waals surface area contributed by atoms with Crippen LogP contribution >= 0.6 is 0 Å². The number of hydrogen-bond acceptors (Lipinski definition) is 3. The van der Waals surface area contributed by atoms with Crippen molar-refractivity contribution in [1.29, 1.82) is 0 Å². The van der Waals surface area contributed by atoms with E-state index in [1.807, 2.05) is 44.2 Å². The summed E-state index contributed by atoms with van der Waals surface area (Å²) >= 11 is 0. The molecule has 1 heterocycles. The predicted octanol–water partition coefficient (Wildman–Crippen LogP) is 5.16. The van der Waals surface area contributed by atoms with Gasteiger partial charge in [0, 0.05) is 12.1 Å². The molecule has 0 fully saturated rings. The van der Waals surface area contributed by atoms with Crippen LogP contribution in [0.4, 0.5) is 5.69 Å². The lowest BCUT2D eigenvalue weighted by molar-refractivity contribution is -0.116. The predicted molar refractivity (Wildman–Crippen MR) is 125 cm³/mol. The smallest absolute Gasteiger partial charge is 0.261 e. The first kappa shape index (κ1) is 20.5. The van der Waals surface area contributed by atoms with E-state index in [2.05, 4.69) is 34.6 Å². The number of anilines is 1. The van der Waals surface area contributed by atoms with Crippen molar-refractivity contribution in [2.75, 3.05) is 5.32 Å². The number of amides is 1. The molecule has 0 saturated heterocycles. The molecule has 0 atom stereocenters. The van der Waals surface area contributed by atoms with Gasteiger partial charge in [-0.3, -0.25) is 14.2 Å². The number of benzene rings is 3. The fourth-order valence-corrected chi connectivity index (χ4v) is 3.66. The van der Waals surface area contributed by atoms with Crippen LogP contribution in [0.25, 0.3) is 22.0 Å². The van der Waals surface area contributed by atoms with E-state index in [1.165, 1.54) is 0 Å². The number of aromatic nitrogens is 2. The highest BCUT2D eigenvalue weighted by Crippen LogP contribution is 2.20. The largest absolute Gasteiger partial charge is 0.326 e. The molecule has 4 rings (SSSR count). The van der Waals surface area contributed by atoms with Crippen LogP contribution in [0.1, 0.15) is 31.2 Å². The van der Waals surface area contributed by atoms with Crippen molar-refractivity contribution in [3.05, 3.63) is 94.5 Å². The maximum atomic E-state index is 13.2. The number of carbonyl (C=O) groups excluding carboxylic acids is 1. The average Bonchev–Trinajstić information content (AvgIpc) is 2.78. The van der Waals surface area contributed by atoms with E-state index in [1.54, 1.807) is 22.8 Å². The molecule has 0 spiro atoms. The molecule has 1 N–H and O–H groups in total. The standard InChI is InChI=1S/C26H25N3O2/c1-3-7-25(30)28-22-14-15-24-23(16-22)26(31)29(18(2)27-24)17-19-10-12-21(13-11-19)20-8-5-4-6-9-20/h4-6,8-16H,3,7,17H2,1-2H3,(H,28,30). The van der Waals surface area contributed by atoms with Crippen LogP contribution in [-0.2, 0) is 11.3 Å².